The van der Waals surface area contributed by atoms with E-state index in [4.69, 9.17) is 0 Å². The molecule has 7 heteroatoms. The van der Waals surface area contributed by atoms with Crippen molar-refractivity contribution in [1.29, 1.82) is 0 Å². The lowest BCUT2D eigenvalue weighted by molar-refractivity contribution is 0.271. The van der Waals surface area contributed by atoms with Gasteiger partial charge in [0, 0.05) is 19.4 Å². The zero-order valence-corrected chi connectivity index (χ0v) is 13.5. The Morgan fingerprint density at radius 2 is 2.09 bits per heavy atom. The lowest BCUT2D eigenvalue weighted by Gasteiger charge is -2.27. The lowest BCUT2D eigenvalue weighted by atomic mass is 9.87. The van der Waals surface area contributed by atoms with E-state index in [1.165, 1.54) is 25.7 Å². The first-order valence-corrected chi connectivity index (χ1v) is 8.15. The molecule has 1 saturated carbocycles. The van der Waals surface area contributed by atoms with E-state index in [0.29, 0.717) is 12.0 Å². The second-order valence-corrected chi connectivity index (χ2v) is 6.51. The maximum Gasteiger partial charge on any atom is 0.229 e. The number of fused-ring (bicyclic) bond motifs is 1. The molecule has 120 valence electrons. The van der Waals surface area contributed by atoms with Crippen molar-refractivity contribution in [1.82, 2.24) is 29.5 Å². The van der Waals surface area contributed by atoms with Crippen molar-refractivity contribution in [2.45, 2.75) is 38.6 Å². The highest BCUT2D eigenvalue weighted by Gasteiger charge is 2.23. The zero-order chi connectivity index (χ0) is 15.8. The largest absolute Gasteiger partial charge is 0.321 e. The van der Waals surface area contributed by atoms with Crippen LogP contribution >= 0.6 is 0 Å². The first-order chi connectivity index (χ1) is 11.2. The number of hydrogen-bond donors (Lipinski definition) is 1. The minimum absolute atomic E-state index is 0.442. The van der Waals surface area contributed by atoms with Crippen LogP contribution in [0.2, 0.25) is 0 Å². The normalized spacial score (nSPS) is 21.7. The van der Waals surface area contributed by atoms with Crippen LogP contribution in [0, 0.1) is 5.92 Å². The van der Waals surface area contributed by atoms with Gasteiger partial charge < -0.3 is 5.32 Å². The van der Waals surface area contributed by atoms with Crippen molar-refractivity contribution in [2.24, 2.45) is 13.0 Å². The topological polar surface area (TPSA) is 73.5 Å². The summed E-state index contributed by atoms with van der Waals surface area (Å²) in [7, 11) is 1.88. The highest BCUT2D eigenvalue weighted by Crippen LogP contribution is 2.33. The molecule has 23 heavy (non-hydrogen) atoms. The molecule has 0 spiro atoms. The zero-order valence-electron chi connectivity index (χ0n) is 13.5. The van der Waals surface area contributed by atoms with Gasteiger partial charge in [-0.2, -0.15) is 15.2 Å². The molecule has 3 aromatic rings. The van der Waals surface area contributed by atoms with Gasteiger partial charge in [0.2, 0.25) is 5.95 Å². The minimum atomic E-state index is 0.442. The van der Waals surface area contributed by atoms with Crippen LogP contribution in [0.3, 0.4) is 0 Å². The third-order valence-corrected chi connectivity index (χ3v) is 4.55. The third kappa shape index (κ3) is 2.78. The molecule has 0 bridgehead atoms. The average Bonchev–Trinajstić information content (AvgIpc) is 3.13. The monoisotopic (exact) mass is 311 g/mol. The van der Waals surface area contributed by atoms with Gasteiger partial charge >= 0.3 is 0 Å². The van der Waals surface area contributed by atoms with Crippen LogP contribution in [-0.4, -0.2) is 29.5 Å². The first-order valence-electron chi connectivity index (χ1n) is 8.15. The Kier molecular flexibility index (Phi) is 3.48. The fourth-order valence-electron chi connectivity index (χ4n) is 3.40. The summed E-state index contributed by atoms with van der Waals surface area (Å²) in [6.07, 6.45) is 12.3. The molecule has 0 radical (unpaired) electrons. The van der Waals surface area contributed by atoms with Crippen LogP contribution in [-0.2, 0) is 7.05 Å². The quantitative estimate of drug-likeness (QED) is 0.804. The Hall–Kier alpha value is -2.44. The van der Waals surface area contributed by atoms with Crippen molar-refractivity contribution < 1.29 is 0 Å². The van der Waals surface area contributed by atoms with Crippen molar-refractivity contribution >= 4 is 22.7 Å². The van der Waals surface area contributed by atoms with Gasteiger partial charge in [-0.15, -0.1) is 0 Å². The van der Waals surface area contributed by atoms with E-state index < -0.39 is 0 Å². The van der Waals surface area contributed by atoms with E-state index in [-0.39, 0.29) is 0 Å². The van der Waals surface area contributed by atoms with Crippen LogP contribution in [0.5, 0.6) is 0 Å². The van der Waals surface area contributed by atoms with Crippen molar-refractivity contribution in [2.75, 3.05) is 5.32 Å². The molecule has 0 aromatic carbocycles. The smallest absolute Gasteiger partial charge is 0.229 e. The number of aromatic nitrogens is 6. The van der Waals surface area contributed by atoms with E-state index in [0.717, 1.165) is 22.6 Å². The van der Waals surface area contributed by atoms with Crippen molar-refractivity contribution in [3.63, 3.8) is 0 Å². The van der Waals surface area contributed by atoms with Crippen LogP contribution in [0.1, 0.15) is 38.6 Å². The summed E-state index contributed by atoms with van der Waals surface area (Å²) in [4.78, 5) is 9.05. The summed E-state index contributed by atoms with van der Waals surface area (Å²) in [5, 5.41) is 12.9. The Morgan fingerprint density at radius 1 is 1.17 bits per heavy atom. The fraction of sp³-hybridized carbons (Fsp3) is 0.500. The summed E-state index contributed by atoms with van der Waals surface area (Å²) in [5.74, 6) is 1.33. The first kappa shape index (κ1) is 14.2. The molecule has 1 aliphatic carbocycles. The number of hydrogen-bond acceptors (Lipinski definition) is 5. The van der Waals surface area contributed by atoms with Gasteiger partial charge in [0.25, 0.3) is 0 Å². The molecule has 0 amide bonds. The van der Waals surface area contributed by atoms with Gasteiger partial charge in [-0.1, -0.05) is 19.8 Å². The summed E-state index contributed by atoms with van der Waals surface area (Å²) < 4.78 is 3.83. The predicted molar refractivity (Wildman–Crippen MR) is 88.5 cm³/mol. The third-order valence-electron chi connectivity index (χ3n) is 4.55. The van der Waals surface area contributed by atoms with Gasteiger partial charge in [-0.25, -0.2) is 9.67 Å². The molecule has 3 heterocycles. The molecule has 1 fully saturated rings. The SMILES string of the molecule is C[C@H]1CCC[C@H](n2ncc3cnc(Nc4cnn(C)c4)nc32)C1. The summed E-state index contributed by atoms with van der Waals surface area (Å²) in [5.41, 5.74) is 1.79. The van der Waals surface area contributed by atoms with E-state index in [2.05, 4.69) is 37.1 Å². The number of anilines is 2. The molecule has 1 aliphatic rings. The number of rotatable bonds is 3. The second-order valence-electron chi connectivity index (χ2n) is 6.51. The van der Waals surface area contributed by atoms with E-state index in [1.807, 2.05) is 25.6 Å². The Bertz CT molecular complexity index is 819. The molecule has 0 saturated heterocycles. The van der Waals surface area contributed by atoms with E-state index >= 15 is 0 Å². The molecule has 3 aromatic heterocycles. The van der Waals surface area contributed by atoms with Crippen molar-refractivity contribution in [3.05, 3.63) is 24.8 Å². The molecular weight excluding hydrogens is 290 g/mol. The van der Waals surface area contributed by atoms with Gasteiger partial charge in [0.1, 0.15) is 0 Å². The average molecular weight is 311 g/mol. The van der Waals surface area contributed by atoms with Crippen LogP contribution in [0.15, 0.2) is 24.8 Å². The Morgan fingerprint density at radius 3 is 2.87 bits per heavy atom. The predicted octanol–water partition coefficient (Wildman–Crippen LogP) is 3.05. The second kappa shape index (κ2) is 5.64. The van der Waals surface area contributed by atoms with Crippen molar-refractivity contribution in [3.8, 4) is 0 Å². The van der Waals surface area contributed by atoms with Gasteiger partial charge in [-0.05, 0) is 18.8 Å². The van der Waals surface area contributed by atoms with Gasteiger partial charge in [0.15, 0.2) is 5.65 Å². The molecule has 4 rings (SSSR count). The highest BCUT2D eigenvalue weighted by molar-refractivity contribution is 5.75. The van der Waals surface area contributed by atoms with Crippen LogP contribution in [0.25, 0.3) is 11.0 Å². The van der Waals surface area contributed by atoms with Crippen LogP contribution in [0.4, 0.5) is 11.6 Å². The van der Waals surface area contributed by atoms with E-state index in [1.54, 1.807) is 10.9 Å². The highest BCUT2D eigenvalue weighted by atomic mass is 15.3. The summed E-state index contributed by atoms with van der Waals surface area (Å²) >= 11 is 0. The lowest BCUT2D eigenvalue weighted by Crippen LogP contribution is -2.19. The Balaban J connectivity index is 1.65. The Labute approximate surface area is 134 Å². The van der Waals surface area contributed by atoms with Crippen LogP contribution < -0.4 is 5.32 Å². The molecule has 2 atom stereocenters. The van der Waals surface area contributed by atoms with Gasteiger partial charge in [-0.3, -0.25) is 4.68 Å². The summed E-state index contributed by atoms with van der Waals surface area (Å²) in [6.45, 7) is 2.32. The molecule has 1 N–H and O–H groups in total. The fourth-order valence-corrected chi connectivity index (χ4v) is 3.40. The van der Waals surface area contributed by atoms with Gasteiger partial charge in [0.05, 0.1) is 29.5 Å². The maximum atomic E-state index is 4.68. The summed E-state index contributed by atoms with van der Waals surface area (Å²) in [6, 6.07) is 0.442. The molecular formula is C16H21N7. The number of aryl methyl sites for hydroxylation is 1. The maximum absolute atomic E-state index is 4.68. The minimum Gasteiger partial charge on any atom is -0.321 e. The molecule has 0 unspecified atom stereocenters. The molecule has 7 nitrogen and oxygen atoms in total. The number of nitrogens with zero attached hydrogens (tertiary/aromatic N) is 6. The standard InChI is InChI=1S/C16H21N7/c1-11-4-3-5-14(6-11)23-15-12(8-19-23)7-17-16(21-15)20-13-9-18-22(2)10-13/h7-11,14H,3-6H2,1-2H3,(H,17,20,21)/t11-,14-/m0/s1. The van der Waals surface area contributed by atoms with E-state index in [9.17, 15) is 0 Å². The number of nitrogens with one attached hydrogen (secondary N) is 1. The molecule has 0 aliphatic heterocycles.